The van der Waals surface area contributed by atoms with E-state index in [1.54, 1.807) is 16.4 Å². The van der Waals surface area contributed by atoms with Crippen LogP contribution in [-0.2, 0) is 10.0 Å². The van der Waals surface area contributed by atoms with Gasteiger partial charge in [0.2, 0.25) is 10.0 Å². The second-order valence-electron chi connectivity index (χ2n) is 8.13. The molecule has 1 fully saturated rings. The van der Waals surface area contributed by atoms with Crippen LogP contribution in [-0.4, -0.2) is 38.4 Å². The predicted octanol–water partition coefficient (Wildman–Crippen LogP) is 4.22. The number of carbonyl (C=O) groups excluding carboxylic acids is 1. The van der Waals surface area contributed by atoms with Gasteiger partial charge >= 0.3 is 6.03 Å². The Hall–Kier alpha value is -2.38. The van der Waals surface area contributed by atoms with Crippen LogP contribution in [0.2, 0.25) is 0 Å². The molecular weight excluding hydrogens is 398 g/mol. The Bertz CT molecular complexity index is 979. The number of sulfonamides is 1. The molecule has 1 aliphatic rings. The second kappa shape index (κ2) is 9.62. The number of piperidine rings is 1. The molecule has 1 aliphatic heterocycles. The summed E-state index contributed by atoms with van der Waals surface area (Å²) in [5.74, 6) is 0.413. The molecule has 0 radical (unpaired) electrons. The summed E-state index contributed by atoms with van der Waals surface area (Å²) in [6.07, 6.45) is 2.47. The predicted molar refractivity (Wildman–Crippen MR) is 120 cm³/mol. The van der Waals surface area contributed by atoms with E-state index in [1.807, 2.05) is 51.1 Å². The SMILES string of the molecule is Cc1ccc(S(=O)(=O)N2CCC(CCNC(=O)Nc3ccc(C)c(C)c3)CC2)cc1. The summed E-state index contributed by atoms with van der Waals surface area (Å²) < 4.78 is 27.2. The smallest absolute Gasteiger partial charge is 0.319 e. The molecule has 0 aromatic heterocycles. The van der Waals surface area contributed by atoms with E-state index >= 15 is 0 Å². The van der Waals surface area contributed by atoms with E-state index in [-0.39, 0.29) is 6.03 Å². The zero-order valence-corrected chi connectivity index (χ0v) is 18.8. The van der Waals surface area contributed by atoms with Gasteiger partial charge in [0.15, 0.2) is 0 Å². The van der Waals surface area contributed by atoms with E-state index in [2.05, 4.69) is 10.6 Å². The zero-order chi connectivity index (χ0) is 21.7. The molecule has 1 heterocycles. The third kappa shape index (κ3) is 5.61. The molecule has 6 nitrogen and oxygen atoms in total. The molecule has 0 spiro atoms. The molecular formula is C23H31N3O3S. The number of urea groups is 1. The lowest BCUT2D eigenvalue weighted by Crippen LogP contribution is -2.39. The average molecular weight is 430 g/mol. The summed E-state index contributed by atoms with van der Waals surface area (Å²) in [6.45, 7) is 7.62. The van der Waals surface area contributed by atoms with Gasteiger partial charge in [0.25, 0.3) is 0 Å². The van der Waals surface area contributed by atoms with Gasteiger partial charge in [-0.2, -0.15) is 4.31 Å². The molecule has 2 N–H and O–H groups in total. The first kappa shape index (κ1) is 22.3. The number of aryl methyl sites for hydroxylation is 3. The average Bonchev–Trinajstić information content (AvgIpc) is 2.71. The van der Waals surface area contributed by atoms with E-state index in [0.717, 1.165) is 36.1 Å². The number of hydrogen-bond acceptors (Lipinski definition) is 3. The highest BCUT2D eigenvalue weighted by molar-refractivity contribution is 7.89. The van der Waals surface area contributed by atoms with Gasteiger partial charge in [0.05, 0.1) is 4.90 Å². The Morgan fingerprint density at radius 1 is 1.00 bits per heavy atom. The monoisotopic (exact) mass is 429 g/mol. The van der Waals surface area contributed by atoms with Crippen LogP contribution in [0.25, 0.3) is 0 Å². The molecule has 30 heavy (non-hydrogen) atoms. The minimum atomic E-state index is -3.42. The number of rotatable bonds is 6. The molecule has 2 amide bonds. The molecule has 0 aliphatic carbocycles. The maximum atomic E-state index is 12.8. The van der Waals surface area contributed by atoms with Crippen LogP contribution in [0, 0.1) is 26.7 Å². The summed E-state index contributed by atoms with van der Waals surface area (Å²) in [5.41, 5.74) is 4.16. The van der Waals surface area contributed by atoms with E-state index in [9.17, 15) is 13.2 Å². The van der Waals surface area contributed by atoms with Crippen molar-refractivity contribution in [2.75, 3.05) is 25.0 Å². The summed E-state index contributed by atoms with van der Waals surface area (Å²) >= 11 is 0. The summed E-state index contributed by atoms with van der Waals surface area (Å²) in [6, 6.07) is 12.6. The van der Waals surface area contributed by atoms with E-state index in [4.69, 9.17) is 0 Å². The molecule has 1 saturated heterocycles. The fourth-order valence-corrected chi connectivity index (χ4v) is 5.15. The van der Waals surface area contributed by atoms with Crippen LogP contribution in [0.4, 0.5) is 10.5 Å². The van der Waals surface area contributed by atoms with E-state index in [1.165, 1.54) is 5.56 Å². The highest BCUT2D eigenvalue weighted by atomic mass is 32.2. The minimum absolute atomic E-state index is 0.211. The topological polar surface area (TPSA) is 78.5 Å². The summed E-state index contributed by atoms with van der Waals surface area (Å²) in [7, 11) is -3.42. The van der Waals surface area contributed by atoms with Crippen molar-refractivity contribution in [3.05, 3.63) is 59.2 Å². The number of anilines is 1. The molecule has 2 aromatic carbocycles. The lowest BCUT2D eigenvalue weighted by molar-refractivity contribution is 0.245. The Labute approximate surface area is 179 Å². The number of hydrogen-bond donors (Lipinski definition) is 2. The highest BCUT2D eigenvalue weighted by Crippen LogP contribution is 2.25. The van der Waals surface area contributed by atoms with Gasteiger partial charge in [0.1, 0.15) is 0 Å². The number of nitrogens with zero attached hydrogens (tertiary/aromatic N) is 1. The maximum Gasteiger partial charge on any atom is 0.319 e. The Balaban J connectivity index is 1.42. The number of amides is 2. The largest absolute Gasteiger partial charge is 0.338 e. The van der Waals surface area contributed by atoms with E-state index in [0.29, 0.717) is 30.4 Å². The van der Waals surface area contributed by atoms with Gasteiger partial charge in [-0.25, -0.2) is 13.2 Å². The van der Waals surface area contributed by atoms with Gasteiger partial charge in [-0.15, -0.1) is 0 Å². The van der Waals surface area contributed by atoms with E-state index < -0.39 is 10.0 Å². The van der Waals surface area contributed by atoms with Crippen molar-refractivity contribution in [1.29, 1.82) is 0 Å². The van der Waals surface area contributed by atoms with Crippen molar-refractivity contribution in [2.45, 2.75) is 44.9 Å². The molecule has 2 aromatic rings. The van der Waals surface area contributed by atoms with Gasteiger partial charge in [0, 0.05) is 25.3 Å². The van der Waals surface area contributed by atoms with Crippen LogP contribution in [0.3, 0.4) is 0 Å². The van der Waals surface area contributed by atoms with Gasteiger partial charge in [-0.1, -0.05) is 23.8 Å². The highest BCUT2D eigenvalue weighted by Gasteiger charge is 2.29. The van der Waals surface area contributed by atoms with Crippen molar-refractivity contribution < 1.29 is 13.2 Å². The normalized spacial score (nSPS) is 15.7. The van der Waals surface area contributed by atoms with Crippen LogP contribution < -0.4 is 10.6 Å². The lowest BCUT2D eigenvalue weighted by atomic mass is 9.95. The van der Waals surface area contributed by atoms with Crippen molar-refractivity contribution in [1.82, 2.24) is 9.62 Å². The van der Waals surface area contributed by atoms with Crippen molar-refractivity contribution in [3.63, 3.8) is 0 Å². The van der Waals surface area contributed by atoms with Gasteiger partial charge in [-0.05, 0) is 81.3 Å². The fourth-order valence-electron chi connectivity index (χ4n) is 3.68. The maximum absolute atomic E-state index is 12.8. The molecule has 3 rings (SSSR count). The van der Waals surface area contributed by atoms with Crippen molar-refractivity contribution in [3.8, 4) is 0 Å². The number of nitrogens with one attached hydrogen (secondary N) is 2. The molecule has 0 bridgehead atoms. The number of benzene rings is 2. The van der Waals surface area contributed by atoms with Gasteiger partial charge < -0.3 is 10.6 Å². The van der Waals surface area contributed by atoms with Crippen molar-refractivity contribution >= 4 is 21.7 Å². The Morgan fingerprint density at radius 2 is 1.67 bits per heavy atom. The number of carbonyl (C=O) groups is 1. The molecule has 0 unspecified atom stereocenters. The minimum Gasteiger partial charge on any atom is -0.338 e. The molecule has 0 saturated carbocycles. The first-order valence-electron chi connectivity index (χ1n) is 10.4. The van der Waals surface area contributed by atoms with Gasteiger partial charge in [-0.3, -0.25) is 0 Å². The Kier molecular flexibility index (Phi) is 7.15. The van der Waals surface area contributed by atoms with Crippen LogP contribution >= 0.6 is 0 Å². The van der Waals surface area contributed by atoms with Crippen LogP contribution in [0.15, 0.2) is 47.4 Å². The third-order valence-electron chi connectivity index (χ3n) is 5.84. The summed E-state index contributed by atoms with van der Waals surface area (Å²) in [4.78, 5) is 12.5. The standard InChI is InChI=1S/C23H31N3O3S/c1-17-4-8-22(9-5-17)30(28,29)26-14-11-20(12-15-26)10-13-24-23(27)25-21-7-6-18(2)19(3)16-21/h4-9,16,20H,10-15H2,1-3H3,(H2,24,25,27). The zero-order valence-electron chi connectivity index (χ0n) is 17.9. The second-order valence-corrected chi connectivity index (χ2v) is 10.1. The first-order valence-corrected chi connectivity index (χ1v) is 11.9. The molecule has 7 heteroatoms. The van der Waals surface area contributed by atoms with Crippen LogP contribution in [0.1, 0.15) is 36.0 Å². The first-order chi connectivity index (χ1) is 14.3. The third-order valence-corrected chi connectivity index (χ3v) is 7.75. The fraction of sp³-hybridized carbons (Fsp3) is 0.435. The lowest BCUT2D eigenvalue weighted by Gasteiger charge is -2.31. The summed E-state index contributed by atoms with van der Waals surface area (Å²) in [5, 5.41) is 5.76. The van der Waals surface area contributed by atoms with Crippen LogP contribution in [0.5, 0.6) is 0 Å². The van der Waals surface area contributed by atoms with Crippen molar-refractivity contribution in [2.24, 2.45) is 5.92 Å². The molecule has 162 valence electrons. The molecule has 0 atom stereocenters. The Morgan fingerprint density at radius 3 is 2.30 bits per heavy atom. The quantitative estimate of drug-likeness (QED) is 0.721.